The largest absolute Gasteiger partial charge is 0.378 e. The van der Waals surface area contributed by atoms with Crippen LogP contribution in [0, 0.1) is 5.92 Å². The maximum absolute atomic E-state index is 9.74. The van der Waals surface area contributed by atoms with Gasteiger partial charge in [-0.15, -0.1) is 0 Å². The van der Waals surface area contributed by atoms with Crippen LogP contribution >= 0.6 is 0 Å². The van der Waals surface area contributed by atoms with Gasteiger partial charge in [0, 0.05) is 12.0 Å². The topological polar surface area (TPSA) is 72.3 Å². The molecular weight excluding hydrogens is 260 g/mol. The molecule has 21 heavy (non-hydrogen) atoms. The third-order valence-electron chi connectivity index (χ3n) is 4.52. The lowest BCUT2D eigenvalue weighted by atomic mass is 9.89. The fourth-order valence-electron chi connectivity index (χ4n) is 3.00. The third-order valence-corrected chi connectivity index (χ3v) is 4.52. The number of aliphatic hydroxyl groups is 1. The normalized spacial score (nSPS) is 15.9. The van der Waals surface area contributed by atoms with Crippen LogP contribution < -0.4 is 11.5 Å². The summed E-state index contributed by atoms with van der Waals surface area (Å²) in [5, 5.41) is 9.74. The van der Waals surface area contributed by atoms with Crippen LogP contribution in [0.5, 0.6) is 0 Å². The molecule has 5 N–H and O–H groups in total. The van der Waals surface area contributed by atoms with E-state index in [1.165, 1.54) is 64.2 Å². The van der Waals surface area contributed by atoms with E-state index in [9.17, 15) is 5.11 Å². The SMILES string of the molecule is CCCCCCCCCC(N)C(CCCCCC)C(N)O. The molecule has 0 rings (SSSR count). The smallest absolute Gasteiger partial charge is 0.106 e. The zero-order chi connectivity index (χ0) is 15.9. The maximum Gasteiger partial charge on any atom is 0.106 e. The fourth-order valence-corrected chi connectivity index (χ4v) is 3.00. The Bertz CT molecular complexity index is 209. The number of aliphatic hydroxyl groups excluding tert-OH is 1. The monoisotopic (exact) mass is 300 g/mol. The van der Waals surface area contributed by atoms with Crippen molar-refractivity contribution in [3.8, 4) is 0 Å². The Morgan fingerprint density at radius 2 is 1.10 bits per heavy atom. The number of hydrogen-bond donors (Lipinski definition) is 3. The van der Waals surface area contributed by atoms with E-state index in [0.717, 1.165) is 19.3 Å². The average Bonchev–Trinajstić information content (AvgIpc) is 2.45. The molecule has 3 atom stereocenters. The summed E-state index contributed by atoms with van der Waals surface area (Å²) in [4.78, 5) is 0. The predicted octanol–water partition coefficient (Wildman–Crippen LogP) is 4.32. The number of unbranched alkanes of at least 4 members (excludes halogenated alkanes) is 9. The minimum atomic E-state index is -0.758. The molecular formula is C18H40N2O. The van der Waals surface area contributed by atoms with Gasteiger partial charge < -0.3 is 16.6 Å². The molecule has 3 nitrogen and oxygen atoms in total. The van der Waals surface area contributed by atoms with Crippen molar-refractivity contribution in [3.05, 3.63) is 0 Å². The zero-order valence-corrected chi connectivity index (χ0v) is 14.5. The molecule has 0 aromatic carbocycles. The van der Waals surface area contributed by atoms with Crippen LogP contribution in [-0.4, -0.2) is 17.4 Å². The lowest BCUT2D eigenvalue weighted by Crippen LogP contribution is -2.42. The van der Waals surface area contributed by atoms with Gasteiger partial charge in [-0.1, -0.05) is 84.5 Å². The molecule has 0 aliphatic rings. The molecule has 0 saturated carbocycles. The van der Waals surface area contributed by atoms with Crippen molar-refractivity contribution in [1.29, 1.82) is 0 Å². The standard InChI is InChI=1S/C18H40N2O/c1-3-5-7-9-10-11-13-15-17(19)16(18(20)21)14-12-8-6-4-2/h16-18,21H,3-15,19-20H2,1-2H3. The van der Waals surface area contributed by atoms with Gasteiger partial charge in [-0.3, -0.25) is 0 Å². The van der Waals surface area contributed by atoms with Crippen LogP contribution in [0.2, 0.25) is 0 Å². The van der Waals surface area contributed by atoms with Gasteiger partial charge in [0.15, 0.2) is 0 Å². The van der Waals surface area contributed by atoms with Crippen molar-refractivity contribution in [1.82, 2.24) is 0 Å². The fraction of sp³-hybridized carbons (Fsp3) is 1.00. The molecule has 0 radical (unpaired) electrons. The van der Waals surface area contributed by atoms with E-state index >= 15 is 0 Å². The van der Waals surface area contributed by atoms with Crippen LogP contribution in [0.4, 0.5) is 0 Å². The van der Waals surface area contributed by atoms with Crippen LogP contribution in [0.15, 0.2) is 0 Å². The Labute approximate surface area is 132 Å². The van der Waals surface area contributed by atoms with Crippen LogP contribution in [0.1, 0.15) is 97.3 Å². The van der Waals surface area contributed by atoms with Gasteiger partial charge in [0.05, 0.1) is 0 Å². The highest BCUT2D eigenvalue weighted by atomic mass is 16.3. The van der Waals surface area contributed by atoms with Crippen LogP contribution in [-0.2, 0) is 0 Å². The van der Waals surface area contributed by atoms with Crippen molar-refractivity contribution in [2.24, 2.45) is 17.4 Å². The average molecular weight is 301 g/mol. The summed E-state index contributed by atoms with van der Waals surface area (Å²) in [5.41, 5.74) is 12.0. The lowest BCUT2D eigenvalue weighted by molar-refractivity contribution is 0.0884. The summed E-state index contributed by atoms with van der Waals surface area (Å²) >= 11 is 0. The molecule has 0 aliphatic heterocycles. The third kappa shape index (κ3) is 12.1. The summed E-state index contributed by atoms with van der Waals surface area (Å²) in [5.74, 6) is 0.0712. The molecule has 0 amide bonds. The van der Waals surface area contributed by atoms with Gasteiger partial charge in [0.2, 0.25) is 0 Å². The van der Waals surface area contributed by atoms with Crippen molar-refractivity contribution >= 4 is 0 Å². The highest BCUT2D eigenvalue weighted by Crippen LogP contribution is 2.20. The van der Waals surface area contributed by atoms with Gasteiger partial charge in [0.1, 0.15) is 6.23 Å². The Morgan fingerprint density at radius 1 is 0.667 bits per heavy atom. The van der Waals surface area contributed by atoms with Gasteiger partial charge in [0.25, 0.3) is 0 Å². The Balaban J connectivity index is 3.72. The van der Waals surface area contributed by atoms with E-state index in [0.29, 0.717) is 0 Å². The van der Waals surface area contributed by atoms with E-state index in [1.54, 1.807) is 0 Å². The second kappa shape index (κ2) is 14.8. The Kier molecular flexibility index (Phi) is 14.7. The first-order valence-electron chi connectivity index (χ1n) is 9.32. The maximum atomic E-state index is 9.74. The second-order valence-corrected chi connectivity index (χ2v) is 6.58. The van der Waals surface area contributed by atoms with Crippen molar-refractivity contribution in [2.75, 3.05) is 0 Å². The summed E-state index contributed by atoms with van der Waals surface area (Å²) < 4.78 is 0. The molecule has 128 valence electrons. The molecule has 0 bridgehead atoms. The van der Waals surface area contributed by atoms with Gasteiger partial charge in [-0.2, -0.15) is 0 Å². The first-order chi connectivity index (χ1) is 10.1. The highest BCUT2D eigenvalue weighted by molar-refractivity contribution is 4.76. The molecule has 0 fully saturated rings. The van der Waals surface area contributed by atoms with E-state index in [1.807, 2.05) is 0 Å². The number of nitrogens with two attached hydrogens (primary N) is 2. The first-order valence-corrected chi connectivity index (χ1v) is 9.32. The molecule has 0 aromatic rings. The summed E-state index contributed by atoms with van der Waals surface area (Å²) in [6, 6.07) is 0.0577. The Morgan fingerprint density at radius 3 is 1.62 bits per heavy atom. The molecule has 3 heteroatoms. The highest BCUT2D eigenvalue weighted by Gasteiger charge is 2.22. The van der Waals surface area contributed by atoms with Gasteiger partial charge >= 0.3 is 0 Å². The number of hydrogen-bond acceptors (Lipinski definition) is 3. The van der Waals surface area contributed by atoms with E-state index in [-0.39, 0.29) is 12.0 Å². The zero-order valence-electron chi connectivity index (χ0n) is 14.5. The van der Waals surface area contributed by atoms with Crippen molar-refractivity contribution < 1.29 is 5.11 Å². The molecule has 0 spiro atoms. The molecule has 0 saturated heterocycles. The van der Waals surface area contributed by atoms with E-state index in [4.69, 9.17) is 11.5 Å². The molecule has 0 aromatic heterocycles. The first kappa shape index (κ1) is 20.9. The molecule has 0 heterocycles. The minimum absolute atomic E-state index is 0.0577. The van der Waals surface area contributed by atoms with Gasteiger partial charge in [-0.25, -0.2) is 0 Å². The second-order valence-electron chi connectivity index (χ2n) is 6.58. The van der Waals surface area contributed by atoms with E-state index < -0.39 is 6.23 Å². The minimum Gasteiger partial charge on any atom is -0.378 e. The molecule has 0 aliphatic carbocycles. The predicted molar refractivity (Wildman–Crippen MR) is 93.0 cm³/mol. The van der Waals surface area contributed by atoms with Crippen LogP contribution in [0.3, 0.4) is 0 Å². The summed E-state index contributed by atoms with van der Waals surface area (Å²) in [6.07, 6.45) is 15.2. The van der Waals surface area contributed by atoms with Crippen molar-refractivity contribution in [3.63, 3.8) is 0 Å². The summed E-state index contributed by atoms with van der Waals surface area (Å²) in [7, 11) is 0. The van der Waals surface area contributed by atoms with Crippen molar-refractivity contribution in [2.45, 2.75) is 110 Å². The van der Waals surface area contributed by atoms with Crippen LogP contribution in [0.25, 0.3) is 0 Å². The summed E-state index contributed by atoms with van der Waals surface area (Å²) in [6.45, 7) is 4.46. The lowest BCUT2D eigenvalue weighted by Gasteiger charge is -2.26. The van der Waals surface area contributed by atoms with Gasteiger partial charge in [-0.05, 0) is 12.8 Å². The number of rotatable bonds is 15. The molecule has 3 unspecified atom stereocenters. The van der Waals surface area contributed by atoms with E-state index in [2.05, 4.69) is 13.8 Å². The quantitative estimate of drug-likeness (QED) is 0.311. The Hall–Kier alpha value is -0.120.